The lowest BCUT2D eigenvalue weighted by Gasteiger charge is -2.14. The van der Waals surface area contributed by atoms with Gasteiger partial charge in [0.2, 0.25) is 5.95 Å². The Hall–Kier alpha value is -2.83. The number of rotatable bonds is 4. The van der Waals surface area contributed by atoms with E-state index in [9.17, 15) is 4.79 Å². The topological polar surface area (TPSA) is 46.9 Å². The Morgan fingerprint density at radius 3 is 2.41 bits per heavy atom. The molecule has 0 radical (unpaired) electrons. The summed E-state index contributed by atoms with van der Waals surface area (Å²) in [6, 6.07) is 21.3. The maximum absolute atomic E-state index is 13.4. The minimum absolute atomic E-state index is 0.106. The van der Waals surface area contributed by atoms with E-state index >= 15 is 0 Å². The fraction of sp³-hybridized carbons (Fsp3) is 0.0952. The molecule has 0 aliphatic rings. The molecule has 2 heterocycles. The summed E-state index contributed by atoms with van der Waals surface area (Å²) in [6.45, 7) is 2.64. The fourth-order valence-corrected chi connectivity index (χ4v) is 4.24. The average Bonchev–Trinajstić information content (AvgIpc) is 2.69. The minimum atomic E-state index is -0.106. The molecule has 4 rings (SSSR count). The second-order valence-corrected chi connectivity index (χ2v) is 7.64. The van der Waals surface area contributed by atoms with Crippen molar-refractivity contribution in [1.29, 1.82) is 0 Å². The highest BCUT2D eigenvalue weighted by atomic mass is 32.1. The summed E-state index contributed by atoms with van der Waals surface area (Å²) < 4.78 is 2.34. The standard InChI is InChI=1S/C21H17N3OS2/c1-2-22-21-23-18-17(19(25)24(21)15-11-7-4-8-12-15)13-16(20(26)27-18)14-9-5-3-6-10-14/h3-13H,2H2,1H3,(H,22,23). The Morgan fingerprint density at radius 1 is 1.07 bits per heavy atom. The maximum atomic E-state index is 13.4. The molecule has 0 bridgehead atoms. The molecule has 0 aliphatic heterocycles. The summed E-state index contributed by atoms with van der Waals surface area (Å²) in [4.78, 5) is 18.7. The number of hydrogen-bond acceptors (Lipinski definition) is 5. The minimum Gasteiger partial charge on any atom is -0.356 e. The molecule has 27 heavy (non-hydrogen) atoms. The van der Waals surface area contributed by atoms with Gasteiger partial charge >= 0.3 is 0 Å². The molecule has 0 spiro atoms. The zero-order valence-electron chi connectivity index (χ0n) is 14.7. The smallest absolute Gasteiger partial charge is 0.268 e. The normalized spacial score (nSPS) is 10.9. The molecule has 4 nitrogen and oxygen atoms in total. The van der Waals surface area contributed by atoms with Crippen LogP contribution < -0.4 is 10.9 Å². The Labute approximate surface area is 165 Å². The number of para-hydroxylation sites is 1. The largest absolute Gasteiger partial charge is 0.356 e. The summed E-state index contributed by atoms with van der Waals surface area (Å²) in [5, 5.41) is 3.77. The molecule has 0 saturated heterocycles. The van der Waals surface area contributed by atoms with E-state index in [2.05, 4.69) is 5.32 Å². The first kappa shape index (κ1) is 17.6. The number of hydrogen-bond donors (Lipinski definition) is 1. The SMILES string of the molecule is CCNc1nc2sc(=S)c(-c3ccccc3)cc2c(=O)n1-c1ccccc1. The van der Waals surface area contributed by atoms with E-state index in [-0.39, 0.29) is 5.56 Å². The van der Waals surface area contributed by atoms with Crippen LogP contribution in [0.5, 0.6) is 0 Å². The van der Waals surface area contributed by atoms with E-state index in [0.717, 1.165) is 20.6 Å². The third-order valence-corrected chi connectivity index (χ3v) is 5.59. The highest BCUT2D eigenvalue weighted by Crippen LogP contribution is 2.28. The molecule has 6 heteroatoms. The molecule has 2 aromatic heterocycles. The average molecular weight is 392 g/mol. The van der Waals surface area contributed by atoms with Gasteiger partial charge in [-0.1, -0.05) is 60.7 Å². The van der Waals surface area contributed by atoms with Crippen LogP contribution in [-0.4, -0.2) is 16.1 Å². The van der Waals surface area contributed by atoms with Crippen molar-refractivity contribution < 1.29 is 0 Å². The number of fused-ring (bicyclic) bond motifs is 1. The molecule has 1 N–H and O–H groups in total. The maximum Gasteiger partial charge on any atom is 0.268 e. The lowest BCUT2D eigenvalue weighted by molar-refractivity contribution is 0.951. The molecule has 0 saturated carbocycles. The van der Waals surface area contributed by atoms with Gasteiger partial charge < -0.3 is 5.32 Å². The van der Waals surface area contributed by atoms with E-state index in [0.29, 0.717) is 22.7 Å². The Bertz CT molecular complexity index is 1220. The van der Waals surface area contributed by atoms with Gasteiger partial charge in [-0.2, -0.15) is 0 Å². The molecule has 0 atom stereocenters. The van der Waals surface area contributed by atoms with Crippen molar-refractivity contribution in [2.24, 2.45) is 0 Å². The summed E-state index contributed by atoms with van der Waals surface area (Å²) in [6.07, 6.45) is 0. The second kappa shape index (κ2) is 7.42. The van der Waals surface area contributed by atoms with Crippen molar-refractivity contribution >= 4 is 39.7 Å². The van der Waals surface area contributed by atoms with E-state index < -0.39 is 0 Å². The zero-order chi connectivity index (χ0) is 18.8. The zero-order valence-corrected chi connectivity index (χ0v) is 16.3. The highest BCUT2D eigenvalue weighted by molar-refractivity contribution is 7.74. The predicted octanol–water partition coefficient (Wildman–Crippen LogP) is 5.28. The summed E-state index contributed by atoms with van der Waals surface area (Å²) in [5.74, 6) is 0.527. The van der Waals surface area contributed by atoms with Gasteiger partial charge in [-0.15, -0.1) is 11.3 Å². The number of nitrogens with zero attached hydrogens (tertiary/aromatic N) is 2. The molecule has 0 amide bonds. The van der Waals surface area contributed by atoms with E-state index in [1.54, 1.807) is 4.57 Å². The molecular weight excluding hydrogens is 374 g/mol. The Kier molecular flexibility index (Phi) is 4.83. The van der Waals surface area contributed by atoms with Crippen LogP contribution >= 0.6 is 23.6 Å². The van der Waals surface area contributed by atoms with Gasteiger partial charge in [0, 0.05) is 12.1 Å². The monoisotopic (exact) mass is 391 g/mol. The van der Waals surface area contributed by atoms with Crippen molar-refractivity contribution in [2.45, 2.75) is 6.92 Å². The van der Waals surface area contributed by atoms with E-state index in [4.69, 9.17) is 17.2 Å². The quantitative estimate of drug-likeness (QED) is 0.481. The molecule has 0 unspecified atom stereocenters. The van der Waals surface area contributed by atoms with Gasteiger partial charge in [-0.3, -0.25) is 4.79 Å². The van der Waals surface area contributed by atoms with Crippen molar-refractivity contribution in [3.63, 3.8) is 0 Å². The molecule has 0 aliphatic carbocycles. The van der Waals surface area contributed by atoms with Crippen LogP contribution in [0.25, 0.3) is 27.0 Å². The second-order valence-electron chi connectivity index (χ2n) is 5.97. The van der Waals surface area contributed by atoms with Crippen LogP contribution in [-0.2, 0) is 0 Å². The summed E-state index contributed by atoms with van der Waals surface area (Å²) >= 11 is 6.96. The van der Waals surface area contributed by atoms with Crippen molar-refractivity contribution in [1.82, 2.24) is 9.55 Å². The van der Waals surface area contributed by atoms with Crippen LogP contribution in [0.2, 0.25) is 0 Å². The summed E-state index contributed by atoms with van der Waals surface area (Å²) in [5.41, 5.74) is 2.56. The van der Waals surface area contributed by atoms with Crippen molar-refractivity contribution in [2.75, 3.05) is 11.9 Å². The molecule has 2 aromatic carbocycles. The van der Waals surface area contributed by atoms with Gasteiger partial charge in [-0.05, 0) is 30.7 Å². The van der Waals surface area contributed by atoms with E-state index in [1.807, 2.05) is 73.7 Å². The van der Waals surface area contributed by atoms with Crippen molar-refractivity contribution in [3.8, 4) is 16.8 Å². The Morgan fingerprint density at radius 2 is 1.74 bits per heavy atom. The van der Waals surface area contributed by atoms with E-state index in [1.165, 1.54) is 11.3 Å². The predicted molar refractivity (Wildman–Crippen MR) is 116 cm³/mol. The van der Waals surface area contributed by atoms with Crippen LogP contribution in [0.15, 0.2) is 71.5 Å². The molecule has 0 fully saturated rings. The third-order valence-electron chi connectivity index (χ3n) is 4.22. The lowest BCUT2D eigenvalue weighted by atomic mass is 10.1. The van der Waals surface area contributed by atoms with Crippen LogP contribution in [0, 0.1) is 3.82 Å². The summed E-state index contributed by atoms with van der Waals surface area (Å²) in [7, 11) is 0. The fourth-order valence-electron chi connectivity index (χ4n) is 2.97. The van der Waals surface area contributed by atoms with Crippen molar-refractivity contribution in [3.05, 3.63) is 80.9 Å². The molecular formula is C21H17N3OS2. The Balaban J connectivity index is 2.04. The number of benzene rings is 2. The third kappa shape index (κ3) is 3.29. The van der Waals surface area contributed by atoms with Gasteiger partial charge in [-0.25, -0.2) is 9.55 Å². The van der Waals surface area contributed by atoms with Gasteiger partial charge in [0.15, 0.2) is 0 Å². The molecule has 4 aromatic rings. The van der Waals surface area contributed by atoms with Gasteiger partial charge in [0.1, 0.15) is 4.83 Å². The lowest BCUT2D eigenvalue weighted by Crippen LogP contribution is -2.23. The van der Waals surface area contributed by atoms with Gasteiger partial charge in [0.05, 0.1) is 14.9 Å². The van der Waals surface area contributed by atoms with Gasteiger partial charge in [0.25, 0.3) is 5.56 Å². The first-order valence-electron chi connectivity index (χ1n) is 8.64. The van der Waals surface area contributed by atoms with Crippen LogP contribution in [0.3, 0.4) is 0 Å². The first-order chi connectivity index (χ1) is 13.2. The number of anilines is 1. The highest BCUT2D eigenvalue weighted by Gasteiger charge is 2.14. The number of aromatic nitrogens is 2. The molecule has 134 valence electrons. The van der Waals surface area contributed by atoms with Crippen LogP contribution in [0.4, 0.5) is 5.95 Å². The first-order valence-corrected chi connectivity index (χ1v) is 9.87. The van der Waals surface area contributed by atoms with Crippen LogP contribution in [0.1, 0.15) is 6.92 Å². The number of nitrogens with one attached hydrogen (secondary N) is 1.